The van der Waals surface area contributed by atoms with Crippen molar-refractivity contribution >= 4 is 45.2 Å². The maximum absolute atomic E-state index is 14.6. The molecule has 4 aromatic rings. The van der Waals surface area contributed by atoms with Crippen molar-refractivity contribution < 1.29 is 4.39 Å². The van der Waals surface area contributed by atoms with E-state index >= 15 is 0 Å². The third-order valence-electron chi connectivity index (χ3n) is 7.19. The van der Waals surface area contributed by atoms with Gasteiger partial charge < -0.3 is 4.90 Å². The normalized spacial score (nSPS) is 17.6. The Bertz CT molecular complexity index is 1690. The second-order valence-corrected chi connectivity index (χ2v) is 10.2. The summed E-state index contributed by atoms with van der Waals surface area (Å²) in [5.41, 5.74) is 6.20. The number of aromatic nitrogens is 5. The highest BCUT2D eigenvalue weighted by atomic mass is 35.5. The van der Waals surface area contributed by atoms with Gasteiger partial charge in [-0.05, 0) is 43.4 Å². The predicted octanol–water partition coefficient (Wildman–Crippen LogP) is 4.25. The minimum absolute atomic E-state index is 0.358. The van der Waals surface area contributed by atoms with Crippen LogP contribution < -0.4 is 4.90 Å². The summed E-state index contributed by atoms with van der Waals surface area (Å²) in [7, 11) is 2.10. The number of hydrogen-bond acceptors (Lipinski definition) is 7. The minimum Gasteiger partial charge on any atom is -0.361 e. The number of likely N-dealkylation sites (N-methyl/N-ethyl adjacent to an activating group) is 1. The maximum Gasteiger partial charge on any atom is 0.178 e. The van der Waals surface area contributed by atoms with Gasteiger partial charge in [-0.3, -0.25) is 14.9 Å². The SMILES string of the molecule is CN1CC=C(c2nc3n(n2)CCN(c2cnc4ccc(C5=CCN=C5c5cc(Cl)ccc5F)nc4c2)C3)C1. The van der Waals surface area contributed by atoms with Gasteiger partial charge in [-0.25, -0.2) is 19.0 Å². The van der Waals surface area contributed by atoms with E-state index in [0.717, 1.165) is 65.8 Å². The number of benzene rings is 1. The van der Waals surface area contributed by atoms with Gasteiger partial charge in [-0.2, -0.15) is 5.10 Å². The molecule has 0 saturated carbocycles. The van der Waals surface area contributed by atoms with Crippen molar-refractivity contribution in [3.8, 4) is 0 Å². The average Bonchev–Trinajstić information content (AvgIpc) is 3.68. The zero-order valence-electron chi connectivity index (χ0n) is 20.8. The molecular weight excluding hydrogens is 503 g/mol. The standard InChI is InChI=1S/C28H24ClFN8/c1-36-9-7-17(15-36)28-34-26-16-37(10-11-38(26)35-28)19-13-25-24(32-14-19)5-4-23(33-25)20-6-8-31-27(20)21-12-18(29)2-3-22(21)30/h2-7,12-14H,8-11,15-16H2,1H3. The quantitative estimate of drug-likeness (QED) is 0.396. The van der Waals surface area contributed by atoms with E-state index < -0.39 is 0 Å². The molecule has 0 unspecified atom stereocenters. The molecule has 0 bridgehead atoms. The van der Waals surface area contributed by atoms with Gasteiger partial charge in [0.2, 0.25) is 0 Å². The molecule has 0 radical (unpaired) electrons. The van der Waals surface area contributed by atoms with Crippen molar-refractivity contribution in [3.05, 3.63) is 88.5 Å². The molecule has 6 heterocycles. The number of rotatable bonds is 4. The van der Waals surface area contributed by atoms with Gasteiger partial charge in [0.05, 0.1) is 54.0 Å². The smallest absolute Gasteiger partial charge is 0.178 e. The van der Waals surface area contributed by atoms with Crippen LogP contribution in [0, 0.1) is 5.82 Å². The van der Waals surface area contributed by atoms with E-state index in [4.69, 9.17) is 26.7 Å². The zero-order chi connectivity index (χ0) is 25.8. The number of pyridine rings is 2. The summed E-state index contributed by atoms with van der Waals surface area (Å²) in [5.74, 6) is 1.42. The van der Waals surface area contributed by atoms with Crippen LogP contribution in [0.15, 0.2) is 59.7 Å². The molecule has 3 aromatic heterocycles. The Balaban J connectivity index is 1.17. The number of nitrogens with zero attached hydrogens (tertiary/aromatic N) is 8. The number of hydrogen-bond donors (Lipinski definition) is 0. The number of anilines is 1. The molecule has 0 N–H and O–H groups in total. The molecule has 8 nitrogen and oxygen atoms in total. The van der Waals surface area contributed by atoms with Crippen LogP contribution in [0.2, 0.25) is 5.02 Å². The van der Waals surface area contributed by atoms with Gasteiger partial charge in [0.1, 0.15) is 11.6 Å². The van der Waals surface area contributed by atoms with Crippen molar-refractivity contribution in [3.63, 3.8) is 0 Å². The van der Waals surface area contributed by atoms with Crippen LogP contribution >= 0.6 is 11.6 Å². The molecule has 38 heavy (non-hydrogen) atoms. The topological polar surface area (TPSA) is 75.3 Å². The average molecular weight is 527 g/mol. The maximum atomic E-state index is 14.6. The van der Waals surface area contributed by atoms with E-state index in [1.165, 1.54) is 17.7 Å². The first-order valence-corrected chi connectivity index (χ1v) is 12.9. The lowest BCUT2D eigenvalue weighted by molar-refractivity contribution is 0.438. The van der Waals surface area contributed by atoms with Crippen LogP contribution in [0.4, 0.5) is 10.1 Å². The summed E-state index contributed by atoms with van der Waals surface area (Å²) < 4.78 is 16.6. The van der Waals surface area contributed by atoms with Gasteiger partial charge >= 0.3 is 0 Å². The number of fused-ring (bicyclic) bond motifs is 2. The van der Waals surface area contributed by atoms with Crippen LogP contribution in [-0.2, 0) is 13.1 Å². The fourth-order valence-electron chi connectivity index (χ4n) is 5.20. The molecule has 7 rings (SSSR count). The Morgan fingerprint density at radius 2 is 1.89 bits per heavy atom. The number of aliphatic imine (C=N–C) groups is 1. The lowest BCUT2D eigenvalue weighted by Crippen LogP contribution is -2.34. The molecule has 10 heteroatoms. The van der Waals surface area contributed by atoms with E-state index in [1.807, 2.05) is 29.1 Å². The lowest BCUT2D eigenvalue weighted by atomic mass is 9.99. The van der Waals surface area contributed by atoms with Crippen molar-refractivity contribution in [1.29, 1.82) is 0 Å². The van der Waals surface area contributed by atoms with E-state index in [-0.39, 0.29) is 5.82 Å². The fraction of sp³-hybridized carbons (Fsp3) is 0.250. The molecular formula is C28H24ClFN8. The molecule has 0 aliphatic carbocycles. The largest absolute Gasteiger partial charge is 0.361 e. The first kappa shape index (κ1) is 23.2. The predicted molar refractivity (Wildman–Crippen MR) is 147 cm³/mol. The molecule has 0 fully saturated rings. The van der Waals surface area contributed by atoms with Gasteiger partial charge in [0, 0.05) is 41.4 Å². The zero-order valence-corrected chi connectivity index (χ0v) is 21.5. The molecule has 0 saturated heterocycles. The minimum atomic E-state index is -0.358. The molecule has 0 spiro atoms. The Kier molecular flexibility index (Phi) is 5.56. The summed E-state index contributed by atoms with van der Waals surface area (Å²) in [6.45, 7) is 4.49. The van der Waals surface area contributed by atoms with Gasteiger partial charge in [-0.1, -0.05) is 23.8 Å². The Hall–Kier alpha value is -3.95. The van der Waals surface area contributed by atoms with Crippen LogP contribution in [0.5, 0.6) is 0 Å². The van der Waals surface area contributed by atoms with Gasteiger partial charge in [0.15, 0.2) is 5.82 Å². The van der Waals surface area contributed by atoms with Crippen molar-refractivity contribution in [2.75, 3.05) is 38.1 Å². The van der Waals surface area contributed by atoms with Gasteiger partial charge in [0.25, 0.3) is 0 Å². The van der Waals surface area contributed by atoms with E-state index in [9.17, 15) is 4.39 Å². The summed E-state index contributed by atoms with van der Waals surface area (Å²) >= 11 is 6.15. The van der Waals surface area contributed by atoms with Crippen LogP contribution in [0.25, 0.3) is 22.2 Å². The molecule has 0 amide bonds. The molecule has 0 atom stereocenters. The van der Waals surface area contributed by atoms with Crippen molar-refractivity contribution in [1.82, 2.24) is 29.6 Å². The molecule has 3 aliphatic rings. The first-order chi connectivity index (χ1) is 18.5. The monoisotopic (exact) mass is 526 g/mol. The highest BCUT2D eigenvalue weighted by molar-refractivity contribution is 6.35. The molecule has 1 aromatic carbocycles. The molecule has 3 aliphatic heterocycles. The highest BCUT2D eigenvalue weighted by Gasteiger charge is 2.24. The number of allylic oxidation sites excluding steroid dienone is 1. The molecule has 190 valence electrons. The highest BCUT2D eigenvalue weighted by Crippen LogP contribution is 2.29. The van der Waals surface area contributed by atoms with Crippen LogP contribution in [-0.4, -0.2) is 68.6 Å². The Labute approximate surface area is 223 Å². The van der Waals surface area contributed by atoms with E-state index in [1.54, 1.807) is 6.07 Å². The summed E-state index contributed by atoms with van der Waals surface area (Å²) in [4.78, 5) is 23.5. The second kappa shape index (κ2) is 9.11. The summed E-state index contributed by atoms with van der Waals surface area (Å²) in [6, 6.07) is 10.4. The third-order valence-corrected chi connectivity index (χ3v) is 7.42. The first-order valence-electron chi connectivity index (χ1n) is 12.6. The van der Waals surface area contributed by atoms with E-state index in [2.05, 4.69) is 39.0 Å². The summed E-state index contributed by atoms with van der Waals surface area (Å²) in [6.07, 6.45) is 6.05. The number of halogens is 2. The second-order valence-electron chi connectivity index (χ2n) is 9.78. The fourth-order valence-corrected chi connectivity index (χ4v) is 5.38. The van der Waals surface area contributed by atoms with E-state index in [0.29, 0.717) is 29.4 Å². The van der Waals surface area contributed by atoms with Crippen molar-refractivity contribution in [2.24, 2.45) is 4.99 Å². The van der Waals surface area contributed by atoms with Crippen LogP contribution in [0.1, 0.15) is 22.9 Å². The Morgan fingerprint density at radius 1 is 0.974 bits per heavy atom. The summed E-state index contributed by atoms with van der Waals surface area (Å²) in [5, 5.41) is 5.21. The Morgan fingerprint density at radius 3 is 2.76 bits per heavy atom. The van der Waals surface area contributed by atoms with Crippen molar-refractivity contribution in [2.45, 2.75) is 13.1 Å². The third kappa shape index (κ3) is 4.08. The lowest BCUT2D eigenvalue weighted by Gasteiger charge is -2.28. The van der Waals surface area contributed by atoms with Gasteiger partial charge in [-0.15, -0.1) is 0 Å². The van der Waals surface area contributed by atoms with Crippen LogP contribution in [0.3, 0.4) is 0 Å².